The SMILES string of the molecule is CC(C)(C)OC(=O)n1cc2cc(S(C)(=O)=O)ccc2c1C(=O)Nc1ccc(C(CCF)(C(F)(F)F)C(F)(F)F)cc1. The highest BCUT2D eigenvalue weighted by atomic mass is 32.2. The maximum absolute atomic E-state index is 13.7. The van der Waals surface area contributed by atoms with Crippen molar-refractivity contribution < 1.29 is 53.5 Å². The van der Waals surface area contributed by atoms with E-state index in [1.165, 1.54) is 18.2 Å². The first-order valence-corrected chi connectivity index (χ1v) is 13.7. The number of carbonyl (C=O) groups is 2. The van der Waals surface area contributed by atoms with Gasteiger partial charge in [-0.05, 0) is 50.6 Å². The number of aromatic nitrogens is 1. The molecule has 1 amide bonds. The second-order valence-corrected chi connectivity index (χ2v) is 12.2. The molecule has 2 aromatic carbocycles. The molecule has 0 radical (unpaired) electrons. The van der Waals surface area contributed by atoms with Crippen molar-refractivity contribution in [3.05, 3.63) is 59.9 Å². The van der Waals surface area contributed by atoms with Crippen molar-refractivity contribution in [3.63, 3.8) is 0 Å². The van der Waals surface area contributed by atoms with E-state index >= 15 is 0 Å². The van der Waals surface area contributed by atoms with Crippen LogP contribution in [0.2, 0.25) is 0 Å². The minimum atomic E-state index is -5.87. The quantitative estimate of drug-likeness (QED) is 0.310. The van der Waals surface area contributed by atoms with Gasteiger partial charge in [-0.1, -0.05) is 18.2 Å². The molecule has 0 bridgehead atoms. The molecule has 1 heterocycles. The molecule has 41 heavy (non-hydrogen) atoms. The van der Waals surface area contributed by atoms with Gasteiger partial charge in [-0.25, -0.2) is 17.8 Å². The highest BCUT2D eigenvalue weighted by molar-refractivity contribution is 7.90. The number of nitrogens with one attached hydrogen (secondary N) is 1. The van der Waals surface area contributed by atoms with E-state index < -0.39 is 63.9 Å². The monoisotopic (exact) mass is 610 g/mol. The van der Waals surface area contributed by atoms with Crippen LogP contribution in [0.5, 0.6) is 0 Å². The number of benzene rings is 2. The van der Waals surface area contributed by atoms with Crippen molar-refractivity contribution in [3.8, 4) is 0 Å². The van der Waals surface area contributed by atoms with Gasteiger partial charge in [0.05, 0.1) is 11.6 Å². The maximum Gasteiger partial charge on any atom is 0.419 e. The Morgan fingerprint density at radius 1 is 0.927 bits per heavy atom. The summed E-state index contributed by atoms with van der Waals surface area (Å²) >= 11 is 0. The number of hydrogen-bond donors (Lipinski definition) is 1. The first-order valence-electron chi connectivity index (χ1n) is 11.8. The zero-order chi connectivity index (χ0) is 31.2. The predicted molar refractivity (Wildman–Crippen MR) is 135 cm³/mol. The summed E-state index contributed by atoms with van der Waals surface area (Å²) < 4.78 is 125. The zero-order valence-electron chi connectivity index (χ0n) is 22.1. The van der Waals surface area contributed by atoms with Gasteiger partial charge in [0.2, 0.25) is 0 Å². The average Bonchev–Trinajstić information content (AvgIpc) is 3.19. The minimum Gasteiger partial charge on any atom is -0.443 e. The first kappa shape index (κ1) is 31.9. The lowest BCUT2D eigenvalue weighted by molar-refractivity contribution is -0.306. The predicted octanol–water partition coefficient (Wildman–Crippen LogP) is 6.80. The lowest BCUT2D eigenvalue weighted by Gasteiger charge is -2.37. The van der Waals surface area contributed by atoms with Crippen LogP contribution in [0.1, 0.15) is 43.2 Å². The molecule has 0 aliphatic carbocycles. The van der Waals surface area contributed by atoms with Crippen LogP contribution >= 0.6 is 0 Å². The van der Waals surface area contributed by atoms with Crippen molar-refractivity contribution in [1.29, 1.82) is 0 Å². The van der Waals surface area contributed by atoms with Crippen LogP contribution in [0.4, 0.5) is 41.2 Å². The van der Waals surface area contributed by atoms with E-state index in [1.807, 2.05) is 0 Å². The normalized spacial score (nSPS) is 13.3. The summed E-state index contributed by atoms with van der Waals surface area (Å²) in [4.78, 5) is 26.1. The summed E-state index contributed by atoms with van der Waals surface area (Å²) in [5, 5.41) is 2.57. The summed E-state index contributed by atoms with van der Waals surface area (Å²) in [6.07, 6.45) is -12.5. The number of amides is 1. The van der Waals surface area contributed by atoms with E-state index in [-0.39, 0.29) is 27.0 Å². The lowest BCUT2D eigenvalue weighted by atomic mass is 9.76. The van der Waals surface area contributed by atoms with Gasteiger partial charge in [0, 0.05) is 35.3 Å². The molecule has 0 unspecified atom stereocenters. The van der Waals surface area contributed by atoms with Crippen LogP contribution in [-0.4, -0.2) is 55.9 Å². The number of alkyl halides is 7. The zero-order valence-corrected chi connectivity index (χ0v) is 22.9. The highest BCUT2D eigenvalue weighted by Crippen LogP contribution is 2.54. The van der Waals surface area contributed by atoms with Gasteiger partial charge in [0.25, 0.3) is 5.91 Å². The van der Waals surface area contributed by atoms with Gasteiger partial charge < -0.3 is 10.1 Å². The molecule has 7 nitrogen and oxygen atoms in total. The van der Waals surface area contributed by atoms with E-state index in [1.54, 1.807) is 20.8 Å². The standard InChI is InChI=1S/C26H25F7N2O5S/c1-23(2,3)40-22(37)35-14-15-13-18(41(4,38)39)9-10-19(15)20(35)21(36)34-17-7-5-16(6-8-17)24(11-12-27,25(28,29)30)26(31,32)33/h5-10,13-14H,11-12H2,1-4H3,(H,34,36). The second-order valence-electron chi connectivity index (χ2n) is 10.2. The Kier molecular flexibility index (Phi) is 8.29. The second kappa shape index (κ2) is 10.7. The fraction of sp³-hybridized carbons (Fsp3) is 0.385. The van der Waals surface area contributed by atoms with E-state index in [0.29, 0.717) is 12.1 Å². The van der Waals surface area contributed by atoms with E-state index in [9.17, 15) is 48.7 Å². The Hall–Kier alpha value is -3.62. The van der Waals surface area contributed by atoms with E-state index in [4.69, 9.17) is 4.74 Å². The Morgan fingerprint density at radius 2 is 1.49 bits per heavy atom. The van der Waals surface area contributed by atoms with Gasteiger partial charge in [-0.15, -0.1) is 0 Å². The van der Waals surface area contributed by atoms with Crippen LogP contribution in [0.25, 0.3) is 10.8 Å². The van der Waals surface area contributed by atoms with Crippen LogP contribution in [0, 0.1) is 0 Å². The Balaban J connectivity index is 2.08. The molecule has 1 aromatic heterocycles. The van der Waals surface area contributed by atoms with Gasteiger partial charge in [0.1, 0.15) is 11.3 Å². The number of carbonyl (C=O) groups excluding carboxylic acids is 2. The number of ether oxygens (including phenoxy) is 1. The number of hydrogen-bond acceptors (Lipinski definition) is 5. The van der Waals surface area contributed by atoms with Crippen LogP contribution in [-0.2, 0) is 20.0 Å². The molecule has 1 N–H and O–H groups in total. The third-order valence-corrected chi connectivity index (χ3v) is 7.20. The smallest absolute Gasteiger partial charge is 0.419 e. The molecule has 3 aromatic rings. The highest BCUT2D eigenvalue weighted by Gasteiger charge is 2.71. The number of anilines is 1. The molecule has 0 saturated carbocycles. The summed E-state index contributed by atoms with van der Waals surface area (Å²) in [7, 11) is -3.67. The largest absolute Gasteiger partial charge is 0.443 e. The van der Waals surface area contributed by atoms with Gasteiger partial charge in [-0.2, -0.15) is 26.3 Å². The maximum atomic E-state index is 13.7. The Labute approximate surface area is 230 Å². The number of sulfone groups is 1. The van der Waals surface area contributed by atoms with E-state index in [0.717, 1.165) is 29.2 Å². The van der Waals surface area contributed by atoms with Gasteiger partial charge >= 0.3 is 18.4 Å². The number of rotatable bonds is 6. The summed E-state index contributed by atoms with van der Waals surface area (Å²) in [6.45, 7) is 2.78. The van der Waals surface area contributed by atoms with Crippen LogP contribution in [0.3, 0.4) is 0 Å². The molecule has 15 heteroatoms. The van der Waals surface area contributed by atoms with Crippen molar-refractivity contribution in [2.75, 3.05) is 18.2 Å². The Morgan fingerprint density at radius 3 is 1.95 bits per heavy atom. The third-order valence-electron chi connectivity index (χ3n) is 6.09. The number of halogens is 7. The van der Waals surface area contributed by atoms with Gasteiger partial charge in [-0.3, -0.25) is 9.18 Å². The summed E-state index contributed by atoms with van der Waals surface area (Å²) in [5.41, 5.74) is -7.33. The molecule has 0 fully saturated rings. The molecule has 0 aliphatic heterocycles. The van der Waals surface area contributed by atoms with Crippen molar-refractivity contribution >= 4 is 38.3 Å². The average molecular weight is 611 g/mol. The van der Waals surface area contributed by atoms with E-state index in [2.05, 4.69) is 5.32 Å². The van der Waals surface area contributed by atoms with Gasteiger partial charge in [0.15, 0.2) is 15.3 Å². The number of nitrogens with zero attached hydrogens (tertiary/aromatic N) is 1. The Bertz CT molecular complexity index is 1550. The van der Waals surface area contributed by atoms with Crippen molar-refractivity contribution in [2.24, 2.45) is 0 Å². The third kappa shape index (κ3) is 6.34. The van der Waals surface area contributed by atoms with Crippen LogP contribution in [0.15, 0.2) is 53.6 Å². The molecule has 0 spiro atoms. The molecule has 0 atom stereocenters. The molecular formula is C26H25F7N2O5S. The van der Waals surface area contributed by atoms with Crippen molar-refractivity contribution in [1.82, 2.24) is 4.57 Å². The fourth-order valence-electron chi connectivity index (χ4n) is 4.20. The molecular weight excluding hydrogens is 585 g/mol. The minimum absolute atomic E-state index is 0.105. The first-order chi connectivity index (χ1) is 18.6. The molecule has 0 aliphatic rings. The van der Waals surface area contributed by atoms with Crippen LogP contribution < -0.4 is 5.32 Å². The molecule has 0 saturated heterocycles. The number of fused-ring (bicyclic) bond motifs is 1. The fourth-order valence-corrected chi connectivity index (χ4v) is 4.86. The molecule has 3 rings (SSSR count). The summed E-state index contributed by atoms with van der Waals surface area (Å²) in [6, 6.07) is 6.20. The molecule has 224 valence electrons. The van der Waals surface area contributed by atoms with Crippen molar-refractivity contribution in [2.45, 2.75) is 55.5 Å². The summed E-state index contributed by atoms with van der Waals surface area (Å²) in [5.74, 6) is -1.01. The lowest BCUT2D eigenvalue weighted by Crippen LogP contribution is -2.54. The topological polar surface area (TPSA) is 94.5 Å².